The van der Waals surface area contributed by atoms with E-state index in [9.17, 15) is 14.7 Å². The standard InChI is InChI=1S/C41H59ClN4O7SSi/c1-23(2)34(46-39(49)53-40(4,5)6)38(48)52-32-18-28(16-26(32)21-51-55(10,11)41(7,8)9)45-37-31(20-43-22-44-37)35(47)33-19-29(24(3)54-33)36-30-17-27(42)13-12-25(30)14-15-50-36/h12-13,17,19-20,22-23,26,28,32,34-36,47H,14-16,18,21H2,1-11H3,(H,46,49)(H,43,44,45)/t26-,28-,32+,34+,35?,36+/m1/s1. The lowest BCUT2D eigenvalue weighted by atomic mass is 9.93. The minimum Gasteiger partial charge on any atom is -0.460 e. The van der Waals surface area contributed by atoms with Gasteiger partial charge in [0, 0.05) is 51.5 Å². The highest BCUT2D eigenvalue weighted by Gasteiger charge is 2.43. The van der Waals surface area contributed by atoms with Crippen LogP contribution in [-0.2, 0) is 29.9 Å². The number of aliphatic hydroxyl groups is 1. The summed E-state index contributed by atoms with van der Waals surface area (Å²) in [6.45, 7) is 23.1. The van der Waals surface area contributed by atoms with Crippen LogP contribution in [0.3, 0.4) is 0 Å². The SMILES string of the molecule is Cc1sc(C(O)c2cncnc2N[C@@H]2C[C@H](CO[Si](C)(C)C(C)(C)C)[C@@H](OC(=O)[C@@H](NC(=O)OC(C)(C)C)C(C)C)C2)cc1[C@@H]1OCCc2ccc(Cl)cc21. The number of aliphatic hydroxyl groups excluding tert-OH is 1. The Hall–Kier alpha value is -3.07. The molecular weight excluding hydrogens is 756 g/mol. The van der Waals surface area contributed by atoms with Crippen molar-refractivity contribution in [3.8, 4) is 0 Å². The Morgan fingerprint density at radius 2 is 1.84 bits per heavy atom. The summed E-state index contributed by atoms with van der Waals surface area (Å²) in [6.07, 6.45) is 2.62. The van der Waals surface area contributed by atoms with E-state index in [0.717, 1.165) is 27.3 Å². The van der Waals surface area contributed by atoms with E-state index >= 15 is 0 Å². The average molecular weight is 816 g/mol. The number of rotatable bonds is 12. The van der Waals surface area contributed by atoms with Crippen molar-refractivity contribution in [2.45, 2.75) is 136 Å². The summed E-state index contributed by atoms with van der Waals surface area (Å²) in [6, 6.07) is 6.91. The topological polar surface area (TPSA) is 141 Å². The number of ether oxygens (including phenoxy) is 3. The summed E-state index contributed by atoms with van der Waals surface area (Å²) >= 11 is 7.91. The fraction of sp³-hybridized carbons (Fsp3) is 0.610. The number of aromatic nitrogens is 2. The molecule has 3 heterocycles. The van der Waals surface area contributed by atoms with Crippen LogP contribution >= 0.6 is 22.9 Å². The number of benzene rings is 1. The summed E-state index contributed by atoms with van der Waals surface area (Å²) in [4.78, 5) is 37.1. The van der Waals surface area contributed by atoms with Crippen molar-refractivity contribution in [1.29, 1.82) is 0 Å². The smallest absolute Gasteiger partial charge is 0.408 e. The molecule has 6 atom stereocenters. The first-order valence-corrected chi connectivity index (χ1v) is 23.3. The largest absolute Gasteiger partial charge is 0.460 e. The molecule has 0 spiro atoms. The van der Waals surface area contributed by atoms with Crippen molar-refractivity contribution in [2.75, 3.05) is 18.5 Å². The molecule has 0 radical (unpaired) electrons. The first-order chi connectivity index (χ1) is 25.6. The van der Waals surface area contributed by atoms with Gasteiger partial charge in [0.1, 0.15) is 42.1 Å². The normalized spacial score (nSPS) is 21.5. The Morgan fingerprint density at radius 1 is 1.11 bits per heavy atom. The number of carbonyl (C=O) groups is 2. The molecule has 3 aromatic rings. The number of hydrogen-bond donors (Lipinski definition) is 3. The number of nitrogens with zero attached hydrogens (tertiary/aromatic N) is 2. The third-order valence-corrected chi connectivity index (χ3v) is 16.8. The molecule has 1 aromatic carbocycles. The van der Waals surface area contributed by atoms with Gasteiger partial charge in [-0.3, -0.25) is 0 Å². The van der Waals surface area contributed by atoms with E-state index < -0.39 is 44.2 Å². The van der Waals surface area contributed by atoms with Crippen molar-refractivity contribution < 1.29 is 33.3 Å². The van der Waals surface area contributed by atoms with Crippen LogP contribution in [0.1, 0.15) is 112 Å². The number of hydrogen-bond acceptors (Lipinski definition) is 11. The Labute approximate surface area is 336 Å². The number of fused-ring (bicyclic) bond motifs is 1. The van der Waals surface area contributed by atoms with Gasteiger partial charge in [-0.1, -0.05) is 52.3 Å². The highest BCUT2D eigenvalue weighted by atomic mass is 35.5. The predicted octanol–water partition coefficient (Wildman–Crippen LogP) is 8.92. The number of alkyl carbamates (subject to hydrolysis) is 1. The molecule has 0 bridgehead atoms. The monoisotopic (exact) mass is 814 g/mol. The number of nitrogens with one attached hydrogen (secondary N) is 2. The summed E-state index contributed by atoms with van der Waals surface area (Å²) in [7, 11) is -2.12. The molecule has 3 N–H and O–H groups in total. The first-order valence-electron chi connectivity index (χ1n) is 19.2. The number of aryl methyl sites for hydroxylation is 1. The van der Waals surface area contributed by atoms with E-state index in [1.807, 2.05) is 39.0 Å². The Morgan fingerprint density at radius 3 is 2.51 bits per heavy atom. The van der Waals surface area contributed by atoms with Crippen molar-refractivity contribution in [2.24, 2.45) is 11.8 Å². The van der Waals surface area contributed by atoms with Crippen LogP contribution in [0.25, 0.3) is 0 Å². The number of amides is 1. The first kappa shape index (κ1) is 43.1. The lowest BCUT2D eigenvalue weighted by molar-refractivity contribution is -0.155. The van der Waals surface area contributed by atoms with E-state index in [4.69, 9.17) is 30.2 Å². The molecule has 2 aromatic heterocycles. The molecule has 2 aliphatic rings. The lowest BCUT2D eigenvalue weighted by Gasteiger charge is -2.37. The van der Waals surface area contributed by atoms with Crippen LogP contribution in [0.5, 0.6) is 0 Å². The number of carbonyl (C=O) groups excluding carboxylic acids is 2. The van der Waals surface area contributed by atoms with Gasteiger partial charge in [0.25, 0.3) is 0 Å². The minimum atomic E-state index is -2.12. The Balaban J connectivity index is 1.35. The van der Waals surface area contributed by atoms with Crippen LogP contribution in [0.4, 0.5) is 10.6 Å². The second-order valence-electron chi connectivity index (χ2n) is 17.7. The van der Waals surface area contributed by atoms with Gasteiger partial charge in [0.05, 0.1) is 6.61 Å². The van der Waals surface area contributed by atoms with Crippen LogP contribution in [0.15, 0.2) is 36.8 Å². The van der Waals surface area contributed by atoms with Crippen LogP contribution in [-0.4, -0.2) is 72.5 Å². The number of anilines is 1. The van der Waals surface area contributed by atoms with Crippen LogP contribution in [0, 0.1) is 18.8 Å². The minimum absolute atomic E-state index is 0.00105. The van der Waals surface area contributed by atoms with E-state index in [-0.39, 0.29) is 29.0 Å². The number of esters is 1. The van der Waals surface area contributed by atoms with E-state index in [1.165, 1.54) is 23.2 Å². The zero-order valence-corrected chi connectivity index (χ0v) is 36.7. The maximum absolute atomic E-state index is 13.7. The van der Waals surface area contributed by atoms with E-state index in [1.54, 1.807) is 27.0 Å². The molecule has 1 saturated carbocycles. The summed E-state index contributed by atoms with van der Waals surface area (Å²) in [5.74, 6) is -0.359. The number of thiophene rings is 1. The molecule has 1 amide bonds. The molecule has 5 rings (SSSR count). The summed E-state index contributed by atoms with van der Waals surface area (Å²) in [5.41, 5.74) is 3.09. The molecule has 14 heteroatoms. The van der Waals surface area contributed by atoms with Gasteiger partial charge in [-0.15, -0.1) is 11.3 Å². The fourth-order valence-corrected chi connectivity index (χ4v) is 9.11. The lowest BCUT2D eigenvalue weighted by Crippen LogP contribution is -2.48. The molecule has 1 aliphatic carbocycles. The fourth-order valence-electron chi connectivity index (χ4n) is 6.80. The summed E-state index contributed by atoms with van der Waals surface area (Å²) in [5, 5.41) is 18.8. The van der Waals surface area contributed by atoms with Gasteiger partial charge in [-0.25, -0.2) is 19.6 Å². The number of halogens is 1. The zero-order valence-electron chi connectivity index (χ0n) is 34.1. The van der Waals surface area contributed by atoms with Gasteiger partial charge >= 0.3 is 12.1 Å². The molecule has 11 nitrogen and oxygen atoms in total. The third-order valence-electron chi connectivity index (χ3n) is 10.9. The molecule has 0 saturated heterocycles. The average Bonchev–Trinajstić information content (AvgIpc) is 3.66. The van der Waals surface area contributed by atoms with Crippen molar-refractivity contribution in [3.05, 3.63) is 73.8 Å². The quantitative estimate of drug-likeness (QED) is 0.120. The van der Waals surface area contributed by atoms with Crippen molar-refractivity contribution >= 4 is 49.1 Å². The van der Waals surface area contributed by atoms with Crippen LogP contribution < -0.4 is 10.6 Å². The van der Waals surface area contributed by atoms with Gasteiger partial charge in [-0.2, -0.15) is 0 Å². The maximum Gasteiger partial charge on any atom is 0.408 e. The Bertz CT molecular complexity index is 1820. The van der Waals surface area contributed by atoms with E-state index in [0.29, 0.717) is 42.5 Å². The van der Waals surface area contributed by atoms with Crippen molar-refractivity contribution in [1.82, 2.24) is 15.3 Å². The van der Waals surface area contributed by atoms with Crippen molar-refractivity contribution in [3.63, 3.8) is 0 Å². The molecule has 55 heavy (non-hydrogen) atoms. The molecule has 1 aliphatic heterocycles. The predicted molar refractivity (Wildman–Crippen MR) is 219 cm³/mol. The highest BCUT2D eigenvalue weighted by Crippen LogP contribution is 2.43. The zero-order chi connectivity index (χ0) is 40.5. The Kier molecular flexibility index (Phi) is 13.5. The van der Waals surface area contributed by atoms with Gasteiger partial charge in [-0.05, 0) is 99.5 Å². The molecular formula is C41H59ClN4O7SSi. The van der Waals surface area contributed by atoms with Gasteiger partial charge < -0.3 is 34.4 Å². The second kappa shape index (κ2) is 17.2. The second-order valence-corrected chi connectivity index (χ2v) is 24.3. The van der Waals surface area contributed by atoms with E-state index in [2.05, 4.69) is 60.5 Å². The molecule has 1 unspecified atom stereocenters. The van der Waals surface area contributed by atoms with Gasteiger partial charge in [0.2, 0.25) is 0 Å². The third kappa shape index (κ3) is 10.7. The van der Waals surface area contributed by atoms with Gasteiger partial charge in [0.15, 0.2) is 8.32 Å². The molecule has 302 valence electrons. The highest BCUT2D eigenvalue weighted by molar-refractivity contribution is 7.12. The maximum atomic E-state index is 13.7. The van der Waals surface area contributed by atoms with Crippen LogP contribution in [0.2, 0.25) is 23.2 Å². The summed E-state index contributed by atoms with van der Waals surface area (Å²) < 4.78 is 24.6. The molecule has 1 fully saturated rings.